The summed E-state index contributed by atoms with van der Waals surface area (Å²) in [6, 6.07) is 1.11. The molecule has 2 aliphatic heterocycles. The number of rotatable bonds is 2. The molecule has 2 heterocycles. The highest BCUT2D eigenvalue weighted by atomic mass is 16.5. The molecule has 4 nitrogen and oxygen atoms in total. The zero-order chi connectivity index (χ0) is 21.9. The highest BCUT2D eigenvalue weighted by Gasteiger charge is 2.64. The minimum Gasteiger partial charge on any atom is -0.493 e. The first-order valence-electron chi connectivity index (χ1n) is 11.3. The Hall–Kier alpha value is -1.52. The second-order valence-electron chi connectivity index (χ2n) is 6.38. The van der Waals surface area contributed by atoms with Crippen molar-refractivity contribution in [2.24, 2.45) is 5.92 Å². The summed E-state index contributed by atoms with van der Waals surface area (Å²) < 4.78 is 77.0. The molecule has 1 aromatic rings. The highest BCUT2D eigenvalue weighted by molar-refractivity contribution is 5.62. The largest absolute Gasteiger partial charge is 0.493 e. The van der Waals surface area contributed by atoms with Crippen LogP contribution in [0.2, 0.25) is 0 Å². The van der Waals surface area contributed by atoms with Crippen LogP contribution in [0.4, 0.5) is 0 Å². The summed E-state index contributed by atoms with van der Waals surface area (Å²) in [6.07, 6.45) is -1.70. The molecule has 1 saturated heterocycles. The molecule has 4 heteroatoms. The number of likely N-dealkylation sites (tertiary alicyclic amines) is 1. The lowest BCUT2D eigenvalue weighted by Gasteiger charge is -2.56. The Labute approximate surface area is 141 Å². The van der Waals surface area contributed by atoms with E-state index in [1.165, 1.54) is 18.2 Å². The Balaban J connectivity index is 1.86. The van der Waals surface area contributed by atoms with Crippen molar-refractivity contribution < 1.29 is 24.2 Å². The normalized spacial score (nSPS) is 55.9. The van der Waals surface area contributed by atoms with E-state index in [9.17, 15) is 1.37 Å². The van der Waals surface area contributed by atoms with Gasteiger partial charge in [-0.3, -0.25) is 0 Å². The Kier molecular flexibility index (Phi) is 1.36. The van der Waals surface area contributed by atoms with Gasteiger partial charge in [-0.2, -0.15) is 0 Å². The summed E-state index contributed by atoms with van der Waals surface area (Å²) in [5, 5.41) is 4.76. The van der Waals surface area contributed by atoms with Gasteiger partial charge in [-0.25, -0.2) is 0 Å². The zero-order valence-electron chi connectivity index (χ0n) is 20.1. The Morgan fingerprint density at radius 3 is 3.41 bits per heavy atom. The fourth-order valence-corrected chi connectivity index (χ4v) is 4.53. The van der Waals surface area contributed by atoms with Crippen molar-refractivity contribution in [3.05, 3.63) is 35.4 Å². The van der Waals surface area contributed by atoms with Gasteiger partial charge in [0.1, 0.15) is 12.2 Å². The van der Waals surface area contributed by atoms with Crippen LogP contribution in [0.5, 0.6) is 11.5 Å². The van der Waals surface area contributed by atoms with E-state index in [-0.39, 0.29) is 17.1 Å². The maximum absolute atomic E-state index is 9.28. The number of hydrogen-bond acceptors (Lipinski definition) is 4. The fraction of sp³-hybridized carbons (Fsp3) is 0.556. The van der Waals surface area contributed by atoms with Crippen LogP contribution in [0.25, 0.3) is 0 Å². The quantitative estimate of drug-likeness (QED) is 0.841. The van der Waals surface area contributed by atoms with E-state index in [2.05, 4.69) is 0 Å². The number of ether oxygens (including phenoxy) is 2. The standard InChI is InChI=1S/C18H21NO3/c1-19-8-7-18-11-4-5-13(20)17(18)22-16-14(21-2)6-3-10(15(16)18)9-12(11)19/h3-6,11-13,17,20H,7-9H2,1-2H3/t11-,12+,13?,17?,18-/m0/s1/i2D3,9D2,12D,13D,20D. The molecule has 0 amide bonds. The third-order valence-electron chi connectivity index (χ3n) is 5.50. The molecule has 1 fully saturated rings. The van der Waals surface area contributed by atoms with E-state index in [0.717, 1.165) is 0 Å². The van der Waals surface area contributed by atoms with Gasteiger partial charge in [0, 0.05) is 27.0 Å². The first kappa shape index (κ1) is 7.37. The van der Waals surface area contributed by atoms with Crippen LogP contribution in [-0.2, 0) is 11.8 Å². The minimum absolute atomic E-state index is 0.0616. The molecule has 22 heavy (non-hydrogen) atoms. The van der Waals surface area contributed by atoms with Crippen LogP contribution in [0.1, 0.15) is 27.1 Å². The molecule has 2 bridgehead atoms. The van der Waals surface area contributed by atoms with Gasteiger partial charge >= 0.3 is 0 Å². The predicted octanol–water partition coefficient (Wildman–Crippen LogP) is 1.50. The van der Waals surface area contributed by atoms with Crippen molar-refractivity contribution >= 4 is 0 Å². The van der Waals surface area contributed by atoms with Gasteiger partial charge in [0.25, 0.3) is 0 Å². The van der Waals surface area contributed by atoms with Gasteiger partial charge in [0.05, 0.1) is 12.5 Å². The fourth-order valence-electron chi connectivity index (χ4n) is 4.53. The topological polar surface area (TPSA) is 41.9 Å². The average molecular weight is 307 g/mol. The van der Waals surface area contributed by atoms with E-state index in [4.69, 9.17) is 24.2 Å². The summed E-state index contributed by atoms with van der Waals surface area (Å²) in [4.78, 5) is 1.68. The minimum atomic E-state index is -2.75. The Morgan fingerprint density at radius 2 is 2.55 bits per heavy atom. The SMILES string of the molecule is [2H]OC1([2H])C=C[C@@H]2[C@@]34CCN(C)[C@]2([2H])C([2H])([2H])c2ccc(OC([2H])([2H])[2H])c(c23)OC14. The van der Waals surface area contributed by atoms with Gasteiger partial charge in [-0.05, 0) is 38.0 Å². The number of benzene rings is 1. The highest BCUT2D eigenvalue weighted by Crippen LogP contribution is 2.62. The summed E-state index contributed by atoms with van der Waals surface area (Å²) in [7, 11) is -1.04. The van der Waals surface area contributed by atoms with Crippen LogP contribution >= 0.6 is 0 Å². The third-order valence-corrected chi connectivity index (χ3v) is 5.50. The number of piperidine rings is 1. The third kappa shape index (κ3) is 1.28. The number of methoxy groups -OCH3 is 1. The molecular weight excluding hydrogens is 278 g/mol. The van der Waals surface area contributed by atoms with Gasteiger partial charge in [0.2, 0.25) is 1.43 Å². The molecule has 5 rings (SSSR count). The Bertz CT molecular complexity index is 967. The average Bonchev–Trinajstić information content (AvgIpc) is 3.01. The van der Waals surface area contributed by atoms with Gasteiger partial charge in [0.15, 0.2) is 11.5 Å². The van der Waals surface area contributed by atoms with Gasteiger partial charge in [-0.15, -0.1) is 0 Å². The molecule has 5 atom stereocenters. The van der Waals surface area contributed by atoms with Crippen molar-refractivity contribution in [2.75, 3.05) is 20.6 Å². The van der Waals surface area contributed by atoms with Gasteiger partial charge in [-0.1, -0.05) is 18.2 Å². The summed E-state index contributed by atoms with van der Waals surface area (Å²) in [6.45, 7) is 0.366. The van der Waals surface area contributed by atoms with Crippen LogP contribution < -0.4 is 9.47 Å². The monoisotopic (exact) mass is 307 g/mol. The number of likely N-dealkylation sites (N-methyl/N-ethyl adjacent to an activating group) is 1. The second kappa shape index (κ2) is 4.06. The number of nitrogens with zero attached hydrogens (tertiary/aromatic N) is 1. The van der Waals surface area contributed by atoms with Crippen molar-refractivity contribution in [3.8, 4) is 11.5 Å². The summed E-state index contributed by atoms with van der Waals surface area (Å²) in [5.41, 5.74) is -0.368. The Morgan fingerprint density at radius 1 is 1.59 bits per heavy atom. The molecular formula is C18H21NO3. The molecule has 0 saturated carbocycles. The maximum atomic E-state index is 9.28. The van der Waals surface area contributed by atoms with Crippen molar-refractivity contribution in [3.63, 3.8) is 0 Å². The first-order chi connectivity index (χ1) is 13.8. The zero-order valence-corrected chi connectivity index (χ0v) is 12.1. The van der Waals surface area contributed by atoms with E-state index in [1.807, 2.05) is 0 Å². The first-order valence-corrected chi connectivity index (χ1v) is 7.41. The van der Waals surface area contributed by atoms with Crippen LogP contribution in [-0.4, -0.2) is 50.3 Å². The smallest absolute Gasteiger partial charge is 0.211 e. The number of hydrogen-bond donors (Lipinski definition) is 1. The van der Waals surface area contributed by atoms with E-state index >= 15 is 0 Å². The van der Waals surface area contributed by atoms with Crippen molar-refractivity contribution in [1.82, 2.24) is 4.90 Å². The molecule has 2 unspecified atom stereocenters. The van der Waals surface area contributed by atoms with Gasteiger partial charge < -0.3 is 19.5 Å². The molecule has 1 spiro atoms. The molecule has 2 aliphatic carbocycles. The van der Waals surface area contributed by atoms with E-state index < -0.39 is 42.9 Å². The maximum Gasteiger partial charge on any atom is 0.211 e. The summed E-state index contributed by atoms with van der Waals surface area (Å²) in [5.74, 6) is -0.712. The lowest BCUT2D eigenvalue weighted by atomic mass is 9.53. The number of aliphatic hydroxyl groups is 1. The molecule has 116 valence electrons. The van der Waals surface area contributed by atoms with Crippen molar-refractivity contribution in [1.29, 1.82) is 1.43 Å². The van der Waals surface area contributed by atoms with Crippen LogP contribution in [0.15, 0.2) is 24.3 Å². The summed E-state index contributed by atoms with van der Waals surface area (Å²) >= 11 is 0. The molecule has 0 radical (unpaired) electrons. The second-order valence-corrected chi connectivity index (χ2v) is 6.38. The molecule has 4 aliphatic rings. The lowest BCUT2D eigenvalue weighted by molar-refractivity contribution is -0.0453. The van der Waals surface area contributed by atoms with Crippen LogP contribution in [0, 0.1) is 5.92 Å². The van der Waals surface area contributed by atoms with E-state index in [0.29, 0.717) is 18.5 Å². The predicted molar refractivity (Wildman–Crippen MR) is 82.5 cm³/mol. The van der Waals surface area contributed by atoms with E-state index in [1.54, 1.807) is 18.0 Å². The molecule has 1 N–H and O–H groups in total. The van der Waals surface area contributed by atoms with Crippen molar-refractivity contribution in [2.45, 2.75) is 36.4 Å². The molecule has 1 aromatic carbocycles. The molecule has 0 aromatic heterocycles. The lowest BCUT2D eigenvalue weighted by Crippen LogP contribution is -2.64. The van der Waals surface area contributed by atoms with Crippen LogP contribution in [0.3, 0.4) is 0 Å².